The standard InChI is InChI=1S/C27H28N4O2/c1-20-9-11-21(12-10-20)24(31-19-22-6-2-3-7-23(22)27(31)33)18-26(32)30-16-14-29(15-17-30)25-8-4-5-13-28-25/h2-13,24H,14-19H2,1H3. The molecule has 1 saturated heterocycles. The van der Waals surface area contributed by atoms with Crippen molar-refractivity contribution in [3.8, 4) is 0 Å². The van der Waals surface area contributed by atoms with Gasteiger partial charge in [0.05, 0.1) is 12.5 Å². The zero-order valence-corrected chi connectivity index (χ0v) is 18.9. The van der Waals surface area contributed by atoms with Crippen LogP contribution in [0.15, 0.2) is 72.9 Å². The van der Waals surface area contributed by atoms with E-state index >= 15 is 0 Å². The zero-order valence-electron chi connectivity index (χ0n) is 18.9. The highest BCUT2D eigenvalue weighted by Crippen LogP contribution is 2.34. The first-order valence-electron chi connectivity index (χ1n) is 11.5. The Bertz CT molecular complexity index is 1140. The number of anilines is 1. The Labute approximate surface area is 194 Å². The summed E-state index contributed by atoms with van der Waals surface area (Å²) in [6.07, 6.45) is 2.08. The minimum absolute atomic E-state index is 0.00365. The Kier molecular flexibility index (Phi) is 5.82. The number of pyridine rings is 1. The molecule has 3 aromatic rings. The maximum Gasteiger partial charge on any atom is 0.255 e. The Hall–Kier alpha value is -3.67. The molecular weight excluding hydrogens is 412 g/mol. The number of carbonyl (C=O) groups is 2. The van der Waals surface area contributed by atoms with Crippen molar-refractivity contribution in [2.45, 2.75) is 25.9 Å². The van der Waals surface area contributed by atoms with Gasteiger partial charge in [-0.15, -0.1) is 0 Å². The van der Waals surface area contributed by atoms with Crippen molar-refractivity contribution in [1.29, 1.82) is 0 Å². The van der Waals surface area contributed by atoms with Gasteiger partial charge >= 0.3 is 0 Å². The summed E-state index contributed by atoms with van der Waals surface area (Å²) >= 11 is 0. The highest BCUT2D eigenvalue weighted by molar-refractivity contribution is 5.98. The molecule has 0 saturated carbocycles. The van der Waals surface area contributed by atoms with Crippen molar-refractivity contribution >= 4 is 17.6 Å². The van der Waals surface area contributed by atoms with Gasteiger partial charge in [0.1, 0.15) is 5.82 Å². The molecule has 0 aliphatic carbocycles. The van der Waals surface area contributed by atoms with E-state index in [1.807, 2.05) is 83.5 Å². The Morgan fingerprint density at radius 1 is 0.939 bits per heavy atom. The van der Waals surface area contributed by atoms with E-state index in [2.05, 4.69) is 9.88 Å². The average molecular weight is 441 g/mol. The number of hydrogen-bond acceptors (Lipinski definition) is 4. The van der Waals surface area contributed by atoms with Gasteiger partial charge in [-0.05, 0) is 36.2 Å². The number of fused-ring (bicyclic) bond motifs is 1. The fraction of sp³-hybridized carbons (Fsp3) is 0.296. The van der Waals surface area contributed by atoms with Crippen LogP contribution in [0.25, 0.3) is 0 Å². The number of benzene rings is 2. The van der Waals surface area contributed by atoms with Gasteiger partial charge in [-0.1, -0.05) is 54.1 Å². The Morgan fingerprint density at radius 3 is 2.36 bits per heavy atom. The van der Waals surface area contributed by atoms with E-state index in [1.165, 1.54) is 0 Å². The maximum atomic E-state index is 13.4. The lowest BCUT2D eigenvalue weighted by Gasteiger charge is -2.37. The third-order valence-electron chi connectivity index (χ3n) is 6.66. The fourth-order valence-electron chi connectivity index (χ4n) is 4.75. The summed E-state index contributed by atoms with van der Waals surface area (Å²) in [6.45, 7) is 5.41. The van der Waals surface area contributed by atoms with Crippen LogP contribution in [-0.2, 0) is 11.3 Å². The summed E-state index contributed by atoms with van der Waals surface area (Å²) in [5.41, 5.74) is 3.93. The number of amides is 2. The first-order chi connectivity index (χ1) is 16.1. The molecule has 1 aromatic heterocycles. The minimum atomic E-state index is -0.285. The molecule has 5 rings (SSSR count). The molecule has 1 unspecified atom stereocenters. The highest BCUT2D eigenvalue weighted by Gasteiger charge is 2.35. The van der Waals surface area contributed by atoms with Gasteiger partial charge in [0, 0.05) is 44.5 Å². The molecule has 2 aliphatic heterocycles. The van der Waals surface area contributed by atoms with E-state index in [9.17, 15) is 9.59 Å². The van der Waals surface area contributed by atoms with E-state index in [0.717, 1.165) is 41.2 Å². The van der Waals surface area contributed by atoms with Crippen LogP contribution in [0.2, 0.25) is 0 Å². The molecule has 1 atom stereocenters. The molecule has 6 nitrogen and oxygen atoms in total. The van der Waals surface area contributed by atoms with Crippen LogP contribution < -0.4 is 4.90 Å². The first kappa shape index (κ1) is 21.2. The highest BCUT2D eigenvalue weighted by atomic mass is 16.2. The molecule has 2 aliphatic rings. The van der Waals surface area contributed by atoms with E-state index in [-0.39, 0.29) is 24.3 Å². The zero-order chi connectivity index (χ0) is 22.8. The van der Waals surface area contributed by atoms with Gasteiger partial charge < -0.3 is 14.7 Å². The summed E-state index contributed by atoms with van der Waals surface area (Å²) in [5, 5.41) is 0. The topological polar surface area (TPSA) is 56.8 Å². The first-order valence-corrected chi connectivity index (χ1v) is 11.5. The molecule has 3 heterocycles. The lowest BCUT2D eigenvalue weighted by molar-refractivity contribution is -0.132. The fourth-order valence-corrected chi connectivity index (χ4v) is 4.75. The molecule has 2 amide bonds. The van der Waals surface area contributed by atoms with E-state index in [0.29, 0.717) is 19.6 Å². The van der Waals surface area contributed by atoms with Crippen molar-refractivity contribution in [2.24, 2.45) is 0 Å². The smallest absolute Gasteiger partial charge is 0.255 e. The van der Waals surface area contributed by atoms with Crippen LogP contribution in [0, 0.1) is 6.92 Å². The van der Waals surface area contributed by atoms with E-state index in [1.54, 1.807) is 6.20 Å². The second kappa shape index (κ2) is 9.06. The molecule has 0 radical (unpaired) electrons. The molecule has 0 bridgehead atoms. The average Bonchev–Trinajstić information content (AvgIpc) is 3.20. The second-order valence-corrected chi connectivity index (χ2v) is 8.78. The summed E-state index contributed by atoms with van der Waals surface area (Å²) in [7, 11) is 0. The predicted molar refractivity (Wildman–Crippen MR) is 128 cm³/mol. The number of piperazine rings is 1. The van der Waals surface area contributed by atoms with Crippen molar-refractivity contribution in [1.82, 2.24) is 14.8 Å². The normalized spacial score (nSPS) is 16.6. The van der Waals surface area contributed by atoms with Gasteiger partial charge in [-0.25, -0.2) is 4.98 Å². The molecule has 33 heavy (non-hydrogen) atoms. The maximum absolute atomic E-state index is 13.4. The summed E-state index contributed by atoms with van der Waals surface area (Å²) < 4.78 is 0. The van der Waals surface area contributed by atoms with Gasteiger partial charge in [0.25, 0.3) is 5.91 Å². The van der Waals surface area contributed by atoms with Crippen LogP contribution in [0.4, 0.5) is 5.82 Å². The lowest BCUT2D eigenvalue weighted by atomic mass is 9.99. The molecule has 6 heteroatoms. The summed E-state index contributed by atoms with van der Waals surface area (Å²) in [6, 6.07) is 21.5. The van der Waals surface area contributed by atoms with Crippen molar-refractivity contribution in [3.63, 3.8) is 0 Å². The summed E-state index contributed by atoms with van der Waals surface area (Å²) in [5.74, 6) is 1.04. The lowest BCUT2D eigenvalue weighted by Crippen LogP contribution is -2.49. The largest absolute Gasteiger partial charge is 0.353 e. The molecule has 2 aromatic carbocycles. The molecule has 0 spiro atoms. The monoisotopic (exact) mass is 440 g/mol. The SMILES string of the molecule is Cc1ccc(C(CC(=O)N2CCN(c3ccccn3)CC2)N2Cc3ccccc3C2=O)cc1. The van der Waals surface area contributed by atoms with Crippen LogP contribution in [0.3, 0.4) is 0 Å². The number of hydrogen-bond donors (Lipinski definition) is 0. The number of rotatable bonds is 5. The van der Waals surface area contributed by atoms with Crippen molar-refractivity contribution < 1.29 is 9.59 Å². The van der Waals surface area contributed by atoms with Crippen LogP contribution >= 0.6 is 0 Å². The van der Waals surface area contributed by atoms with Gasteiger partial charge in [-0.2, -0.15) is 0 Å². The Balaban J connectivity index is 1.32. The van der Waals surface area contributed by atoms with Crippen LogP contribution in [0.1, 0.15) is 39.5 Å². The van der Waals surface area contributed by atoms with Gasteiger partial charge in [-0.3, -0.25) is 9.59 Å². The number of carbonyl (C=O) groups excluding carboxylic acids is 2. The third kappa shape index (κ3) is 4.33. The molecule has 0 N–H and O–H groups in total. The van der Waals surface area contributed by atoms with Gasteiger partial charge in [0.2, 0.25) is 5.91 Å². The van der Waals surface area contributed by atoms with Crippen LogP contribution in [-0.4, -0.2) is 52.8 Å². The third-order valence-corrected chi connectivity index (χ3v) is 6.66. The molecule has 1 fully saturated rings. The van der Waals surface area contributed by atoms with Crippen molar-refractivity contribution in [2.75, 3.05) is 31.1 Å². The van der Waals surface area contributed by atoms with E-state index in [4.69, 9.17) is 0 Å². The number of nitrogens with zero attached hydrogens (tertiary/aromatic N) is 4. The predicted octanol–water partition coefficient (Wildman–Crippen LogP) is 3.83. The minimum Gasteiger partial charge on any atom is -0.353 e. The quantitative estimate of drug-likeness (QED) is 0.605. The Morgan fingerprint density at radius 2 is 1.67 bits per heavy atom. The van der Waals surface area contributed by atoms with Gasteiger partial charge in [0.15, 0.2) is 0 Å². The number of aromatic nitrogens is 1. The number of aryl methyl sites for hydroxylation is 1. The molecule has 168 valence electrons. The molecular formula is C27H28N4O2. The second-order valence-electron chi connectivity index (χ2n) is 8.78. The van der Waals surface area contributed by atoms with Crippen LogP contribution in [0.5, 0.6) is 0 Å². The van der Waals surface area contributed by atoms with E-state index < -0.39 is 0 Å². The van der Waals surface area contributed by atoms with Crippen molar-refractivity contribution in [3.05, 3.63) is 95.2 Å². The summed E-state index contributed by atoms with van der Waals surface area (Å²) in [4.78, 5) is 37.0.